The van der Waals surface area contributed by atoms with Gasteiger partial charge in [-0.25, -0.2) is 9.86 Å². The van der Waals surface area contributed by atoms with Crippen molar-refractivity contribution in [1.29, 1.82) is 0 Å². The van der Waals surface area contributed by atoms with E-state index in [1.54, 1.807) is 33.1 Å². The van der Waals surface area contributed by atoms with Gasteiger partial charge in [0.1, 0.15) is 12.1 Å². The highest BCUT2D eigenvalue weighted by atomic mass is 28.4. The van der Waals surface area contributed by atoms with Crippen LogP contribution in [0.4, 0.5) is 4.79 Å². The van der Waals surface area contributed by atoms with Gasteiger partial charge in [-0.3, -0.25) is 14.5 Å². The van der Waals surface area contributed by atoms with Crippen LogP contribution in [0.2, 0.25) is 18.1 Å². The van der Waals surface area contributed by atoms with E-state index in [0.717, 1.165) is 5.06 Å². The number of carbonyl (C=O) groups is 2. The molecule has 0 aromatic carbocycles. The summed E-state index contributed by atoms with van der Waals surface area (Å²) in [5.74, 6) is -0.353. The molecule has 158 valence electrons. The summed E-state index contributed by atoms with van der Waals surface area (Å²) in [6, 6.07) is -0.390. The predicted octanol–water partition coefficient (Wildman–Crippen LogP) is 4.17. The maximum atomic E-state index is 12.6. The molecule has 0 aliphatic carbocycles. The first kappa shape index (κ1) is 25.5. The van der Waals surface area contributed by atoms with Crippen LogP contribution in [-0.2, 0) is 18.8 Å². The molecule has 0 radical (unpaired) electrons. The van der Waals surface area contributed by atoms with Gasteiger partial charge in [0.2, 0.25) is 8.32 Å². The third-order valence-corrected chi connectivity index (χ3v) is 8.91. The largest absolute Gasteiger partial charge is 0.549 e. The topological polar surface area (TPSA) is 68.3 Å². The molecule has 2 amide bonds. The lowest BCUT2D eigenvalue weighted by molar-refractivity contribution is -0.169. The second-order valence-corrected chi connectivity index (χ2v) is 13.9. The summed E-state index contributed by atoms with van der Waals surface area (Å²) in [4.78, 5) is 31.1. The zero-order valence-corrected chi connectivity index (χ0v) is 19.9. The van der Waals surface area contributed by atoms with Crippen LogP contribution in [0.1, 0.15) is 48.5 Å². The number of carbonyl (C=O) groups excluding carboxylic acids is 2. The van der Waals surface area contributed by atoms with E-state index in [0.29, 0.717) is 0 Å². The van der Waals surface area contributed by atoms with Crippen molar-refractivity contribution in [2.75, 3.05) is 20.7 Å². The van der Waals surface area contributed by atoms with E-state index in [-0.39, 0.29) is 23.5 Å². The van der Waals surface area contributed by atoms with Gasteiger partial charge in [-0.05, 0) is 51.9 Å². The smallest absolute Gasteiger partial charge is 0.411 e. The fraction of sp³-hybridized carbons (Fsp3) is 0.789. The third kappa shape index (κ3) is 8.79. The van der Waals surface area contributed by atoms with Crippen molar-refractivity contribution in [2.45, 2.75) is 78.2 Å². The quantitative estimate of drug-likeness (QED) is 0.363. The van der Waals surface area contributed by atoms with Crippen molar-refractivity contribution in [2.24, 2.45) is 0 Å². The maximum Gasteiger partial charge on any atom is 0.411 e. The minimum atomic E-state index is -1.94. The number of hydrogen-bond donors (Lipinski definition) is 0. The first-order valence-electron chi connectivity index (χ1n) is 9.16. The molecule has 1 unspecified atom stereocenters. The summed E-state index contributed by atoms with van der Waals surface area (Å²) in [5, 5.41) is 1.16. The zero-order valence-electron chi connectivity index (χ0n) is 18.9. The highest BCUT2D eigenvalue weighted by Crippen LogP contribution is 2.36. The van der Waals surface area contributed by atoms with E-state index in [1.165, 1.54) is 19.1 Å². The number of hydroxylamine groups is 2. The molecule has 27 heavy (non-hydrogen) atoms. The summed E-state index contributed by atoms with van der Waals surface area (Å²) in [7, 11) is 0.947. The van der Waals surface area contributed by atoms with E-state index >= 15 is 0 Å². The van der Waals surface area contributed by atoms with E-state index in [9.17, 15) is 9.59 Å². The molecule has 1 atom stereocenters. The highest BCUT2D eigenvalue weighted by molar-refractivity contribution is 6.74. The Hall–Kier alpha value is -1.54. The first-order valence-corrected chi connectivity index (χ1v) is 12.1. The number of rotatable bonds is 7. The lowest BCUT2D eigenvalue weighted by atomic mass is 10.2. The standard InChI is InChI=1S/C19H38N2O5Si/c1-15(12-13-25-27(10,11)19(5,6)7)21(14-16(22)20(8)24-9)17(23)26-18(2,3)4/h12-13,15H,14H2,1-11H3. The van der Waals surface area contributed by atoms with Gasteiger partial charge in [0.25, 0.3) is 5.91 Å². The minimum absolute atomic E-state index is 0.0720. The van der Waals surface area contributed by atoms with Gasteiger partial charge in [-0.1, -0.05) is 20.8 Å². The van der Waals surface area contributed by atoms with E-state index < -0.39 is 20.0 Å². The number of ether oxygens (including phenoxy) is 1. The molecule has 0 saturated heterocycles. The molecule has 7 nitrogen and oxygen atoms in total. The first-order chi connectivity index (χ1) is 12.0. The number of likely N-dealkylation sites (N-methyl/N-ethyl adjacent to an activating group) is 1. The molecule has 0 fully saturated rings. The van der Waals surface area contributed by atoms with Crippen LogP contribution in [-0.4, -0.2) is 62.6 Å². The zero-order chi connectivity index (χ0) is 21.6. The summed E-state index contributed by atoms with van der Waals surface area (Å²) in [5.41, 5.74) is -0.660. The lowest BCUT2D eigenvalue weighted by Gasteiger charge is -2.35. The molecule has 0 bridgehead atoms. The second kappa shape index (κ2) is 9.59. The fourth-order valence-corrected chi connectivity index (χ4v) is 2.42. The predicted molar refractivity (Wildman–Crippen MR) is 110 cm³/mol. The molecule has 8 heteroatoms. The van der Waals surface area contributed by atoms with Gasteiger partial charge >= 0.3 is 6.09 Å². The van der Waals surface area contributed by atoms with Crippen molar-refractivity contribution >= 4 is 20.3 Å². The average molecular weight is 403 g/mol. The van der Waals surface area contributed by atoms with Crippen molar-refractivity contribution in [1.82, 2.24) is 9.96 Å². The second-order valence-electron chi connectivity index (χ2n) is 9.13. The molecular formula is C19H38N2O5Si. The summed E-state index contributed by atoms with van der Waals surface area (Å²) in [6.45, 7) is 17.8. The number of nitrogens with zero attached hydrogens (tertiary/aromatic N) is 2. The molecule has 0 saturated carbocycles. The monoisotopic (exact) mass is 402 g/mol. The Bertz CT molecular complexity index is 535. The van der Waals surface area contributed by atoms with Crippen LogP contribution in [0.15, 0.2) is 12.3 Å². The van der Waals surface area contributed by atoms with Crippen molar-refractivity contribution < 1.29 is 23.6 Å². The van der Waals surface area contributed by atoms with Crippen LogP contribution in [0.5, 0.6) is 0 Å². The molecule has 0 aliphatic rings. The van der Waals surface area contributed by atoms with E-state index in [4.69, 9.17) is 14.0 Å². The maximum absolute atomic E-state index is 12.6. The Kier molecular flexibility index (Phi) is 9.04. The molecule has 0 N–H and O–H groups in total. The Balaban J connectivity index is 5.32. The highest BCUT2D eigenvalue weighted by Gasteiger charge is 2.38. The van der Waals surface area contributed by atoms with Crippen LogP contribution < -0.4 is 0 Å². The van der Waals surface area contributed by atoms with Crippen molar-refractivity contribution in [3.05, 3.63) is 12.3 Å². The summed E-state index contributed by atoms with van der Waals surface area (Å²) >= 11 is 0. The van der Waals surface area contributed by atoms with E-state index in [2.05, 4.69) is 33.9 Å². The lowest BCUT2D eigenvalue weighted by Crippen LogP contribution is -2.47. The van der Waals surface area contributed by atoms with Gasteiger partial charge in [0.05, 0.1) is 19.4 Å². The Morgan fingerprint density at radius 2 is 1.63 bits per heavy atom. The fourth-order valence-electron chi connectivity index (χ4n) is 1.65. The number of amides is 2. The van der Waals surface area contributed by atoms with Crippen LogP contribution in [0.3, 0.4) is 0 Å². The minimum Gasteiger partial charge on any atom is -0.549 e. The normalized spacial score (nSPS) is 14.0. The Morgan fingerprint density at radius 3 is 2.04 bits per heavy atom. The Morgan fingerprint density at radius 1 is 1.11 bits per heavy atom. The molecule has 0 spiro atoms. The van der Waals surface area contributed by atoms with Gasteiger partial charge in [0, 0.05) is 7.05 Å². The molecule has 0 aromatic heterocycles. The van der Waals surface area contributed by atoms with Gasteiger partial charge in [0.15, 0.2) is 0 Å². The molecular weight excluding hydrogens is 364 g/mol. The average Bonchev–Trinajstić information content (AvgIpc) is 2.48. The van der Waals surface area contributed by atoms with E-state index in [1.807, 2.05) is 6.92 Å². The van der Waals surface area contributed by atoms with Crippen LogP contribution >= 0.6 is 0 Å². The van der Waals surface area contributed by atoms with Crippen molar-refractivity contribution in [3.63, 3.8) is 0 Å². The SMILES string of the molecule is CON(C)C(=O)CN(C(=O)OC(C)(C)C)C(C)C=CO[Si](C)(C)C(C)(C)C. The Labute approximate surface area is 165 Å². The molecule has 0 rings (SSSR count). The third-order valence-electron chi connectivity index (χ3n) is 4.58. The summed E-state index contributed by atoms with van der Waals surface area (Å²) in [6.07, 6.45) is 2.85. The molecule has 0 heterocycles. The van der Waals surface area contributed by atoms with Crippen LogP contribution in [0, 0.1) is 0 Å². The van der Waals surface area contributed by atoms with Gasteiger partial charge < -0.3 is 9.16 Å². The molecule has 0 aromatic rings. The van der Waals surface area contributed by atoms with Crippen LogP contribution in [0.25, 0.3) is 0 Å². The van der Waals surface area contributed by atoms with Crippen molar-refractivity contribution in [3.8, 4) is 0 Å². The van der Waals surface area contributed by atoms with Gasteiger partial charge in [-0.15, -0.1) is 0 Å². The summed E-state index contributed by atoms with van der Waals surface area (Å²) < 4.78 is 11.5. The van der Waals surface area contributed by atoms with Gasteiger partial charge in [-0.2, -0.15) is 0 Å². The number of hydrogen-bond acceptors (Lipinski definition) is 5. The molecule has 0 aliphatic heterocycles.